The van der Waals surface area contributed by atoms with Crippen LogP contribution < -0.4 is 4.74 Å². The monoisotopic (exact) mass is 220 g/mol. The zero-order valence-corrected chi connectivity index (χ0v) is 10.3. The third-order valence-electron chi connectivity index (χ3n) is 2.39. The van der Waals surface area contributed by atoms with Crippen LogP contribution in [0, 0.1) is 0 Å². The summed E-state index contributed by atoms with van der Waals surface area (Å²) < 4.78 is 10.9. The molecule has 0 heterocycles. The zero-order valence-electron chi connectivity index (χ0n) is 10.3. The highest BCUT2D eigenvalue weighted by atomic mass is 16.7. The Hall–Kier alpha value is -1.28. The van der Waals surface area contributed by atoms with Crippen LogP contribution in [0.1, 0.15) is 32.8 Å². The van der Waals surface area contributed by atoms with E-state index >= 15 is 0 Å². The molecular formula is C14H20O2. The molecule has 1 aromatic carbocycles. The normalized spacial score (nSPS) is 12.2. The molecule has 0 amide bonds. The number of rotatable bonds is 6. The predicted molar refractivity (Wildman–Crippen MR) is 67.5 cm³/mol. The maximum absolute atomic E-state index is 5.57. The van der Waals surface area contributed by atoms with E-state index in [0.29, 0.717) is 6.61 Å². The van der Waals surface area contributed by atoms with E-state index in [4.69, 9.17) is 9.47 Å². The van der Waals surface area contributed by atoms with Crippen LogP contribution in [-0.2, 0) is 4.74 Å². The molecule has 0 bridgehead atoms. The van der Waals surface area contributed by atoms with E-state index in [-0.39, 0.29) is 6.29 Å². The first-order valence-corrected chi connectivity index (χ1v) is 5.73. The second-order valence-corrected chi connectivity index (χ2v) is 3.62. The van der Waals surface area contributed by atoms with E-state index in [9.17, 15) is 0 Å². The van der Waals surface area contributed by atoms with Crippen molar-refractivity contribution in [2.24, 2.45) is 0 Å². The van der Waals surface area contributed by atoms with Crippen molar-refractivity contribution in [1.29, 1.82) is 0 Å². The second-order valence-electron chi connectivity index (χ2n) is 3.62. The van der Waals surface area contributed by atoms with Gasteiger partial charge in [0.05, 0.1) is 0 Å². The lowest BCUT2D eigenvalue weighted by atomic mass is 10.1. The third kappa shape index (κ3) is 3.70. The van der Waals surface area contributed by atoms with Crippen molar-refractivity contribution in [1.82, 2.24) is 0 Å². The minimum Gasteiger partial charge on any atom is -0.465 e. The van der Waals surface area contributed by atoms with E-state index in [2.05, 4.69) is 13.5 Å². The quantitative estimate of drug-likeness (QED) is 0.677. The van der Waals surface area contributed by atoms with Crippen LogP contribution in [0.25, 0.3) is 5.57 Å². The Kier molecular flexibility index (Phi) is 5.06. The van der Waals surface area contributed by atoms with Gasteiger partial charge in [0.25, 0.3) is 0 Å². The standard InChI is InChI=1S/C14H20O2/c1-5-11(3)13-7-9-14(10-8-13)16-12(4)15-6-2/h7-10,12H,3,5-6H2,1-2,4H3. The summed E-state index contributed by atoms with van der Waals surface area (Å²) in [6.07, 6.45) is 0.764. The van der Waals surface area contributed by atoms with Crippen LogP contribution in [0.4, 0.5) is 0 Å². The molecule has 0 aromatic heterocycles. The van der Waals surface area contributed by atoms with Gasteiger partial charge in [-0.3, -0.25) is 0 Å². The van der Waals surface area contributed by atoms with Gasteiger partial charge in [-0.2, -0.15) is 0 Å². The molecule has 16 heavy (non-hydrogen) atoms. The average molecular weight is 220 g/mol. The molecular weight excluding hydrogens is 200 g/mol. The van der Waals surface area contributed by atoms with Gasteiger partial charge in [0.2, 0.25) is 0 Å². The smallest absolute Gasteiger partial charge is 0.196 e. The SMILES string of the molecule is C=C(CC)c1ccc(OC(C)OCC)cc1. The van der Waals surface area contributed by atoms with Crippen molar-refractivity contribution in [3.05, 3.63) is 36.4 Å². The molecule has 0 saturated carbocycles. The molecule has 0 N–H and O–H groups in total. The van der Waals surface area contributed by atoms with Crippen molar-refractivity contribution in [2.75, 3.05) is 6.61 Å². The molecule has 0 spiro atoms. The minimum absolute atomic E-state index is 0.203. The molecule has 0 fully saturated rings. The number of hydrogen-bond donors (Lipinski definition) is 0. The van der Waals surface area contributed by atoms with Gasteiger partial charge >= 0.3 is 0 Å². The number of ether oxygens (including phenoxy) is 2. The van der Waals surface area contributed by atoms with Crippen molar-refractivity contribution in [3.8, 4) is 5.75 Å². The molecule has 0 saturated heterocycles. The summed E-state index contributed by atoms with van der Waals surface area (Å²) in [5.41, 5.74) is 2.31. The molecule has 0 aliphatic heterocycles. The second kappa shape index (κ2) is 6.33. The molecule has 2 heteroatoms. The molecule has 0 aliphatic carbocycles. The lowest BCUT2D eigenvalue weighted by molar-refractivity contribution is -0.0613. The number of allylic oxidation sites excluding steroid dienone is 1. The van der Waals surface area contributed by atoms with Crippen molar-refractivity contribution >= 4 is 5.57 Å². The first-order valence-electron chi connectivity index (χ1n) is 5.73. The molecule has 1 unspecified atom stereocenters. The largest absolute Gasteiger partial charge is 0.465 e. The van der Waals surface area contributed by atoms with Gasteiger partial charge in [-0.05, 0) is 43.5 Å². The zero-order chi connectivity index (χ0) is 12.0. The van der Waals surface area contributed by atoms with Crippen molar-refractivity contribution in [3.63, 3.8) is 0 Å². The highest BCUT2D eigenvalue weighted by molar-refractivity contribution is 5.63. The maximum atomic E-state index is 5.57. The Morgan fingerprint density at radius 3 is 2.38 bits per heavy atom. The molecule has 1 atom stereocenters. The fourth-order valence-corrected chi connectivity index (χ4v) is 1.43. The summed E-state index contributed by atoms with van der Waals surface area (Å²) in [5, 5.41) is 0. The first-order chi connectivity index (χ1) is 7.67. The molecule has 0 aliphatic rings. The van der Waals surface area contributed by atoms with Crippen LogP contribution >= 0.6 is 0 Å². The summed E-state index contributed by atoms with van der Waals surface area (Å²) in [4.78, 5) is 0. The highest BCUT2D eigenvalue weighted by Crippen LogP contribution is 2.20. The van der Waals surface area contributed by atoms with E-state index in [1.165, 1.54) is 5.56 Å². The molecule has 88 valence electrons. The van der Waals surface area contributed by atoms with Gasteiger partial charge < -0.3 is 9.47 Å². The predicted octanol–water partition coefficient (Wildman–Crippen LogP) is 3.87. The van der Waals surface area contributed by atoms with Gasteiger partial charge in [0.15, 0.2) is 6.29 Å². The summed E-state index contributed by atoms with van der Waals surface area (Å²) in [7, 11) is 0. The van der Waals surface area contributed by atoms with E-state index in [1.807, 2.05) is 38.1 Å². The first kappa shape index (κ1) is 12.8. The van der Waals surface area contributed by atoms with Gasteiger partial charge in [0, 0.05) is 6.61 Å². The molecule has 1 aromatic rings. The van der Waals surface area contributed by atoms with E-state index < -0.39 is 0 Å². The Balaban J connectivity index is 2.61. The van der Waals surface area contributed by atoms with Crippen LogP contribution in [0.5, 0.6) is 5.75 Å². The van der Waals surface area contributed by atoms with Crippen LogP contribution in [0.2, 0.25) is 0 Å². The van der Waals surface area contributed by atoms with E-state index in [1.54, 1.807) is 0 Å². The maximum Gasteiger partial charge on any atom is 0.196 e. The number of hydrogen-bond acceptors (Lipinski definition) is 2. The summed E-state index contributed by atoms with van der Waals surface area (Å²) in [5.74, 6) is 0.827. The summed E-state index contributed by atoms with van der Waals surface area (Å²) in [6.45, 7) is 10.6. The molecule has 0 radical (unpaired) electrons. The van der Waals surface area contributed by atoms with Gasteiger partial charge in [-0.1, -0.05) is 25.6 Å². The Labute approximate surface area is 97.9 Å². The van der Waals surface area contributed by atoms with Gasteiger partial charge in [0.1, 0.15) is 5.75 Å². The topological polar surface area (TPSA) is 18.5 Å². The fraction of sp³-hybridized carbons (Fsp3) is 0.429. The Morgan fingerprint density at radius 2 is 1.88 bits per heavy atom. The highest BCUT2D eigenvalue weighted by Gasteiger charge is 2.03. The number of benzene rings is 1. The summed E-state index contributed by atoms with van der Waals surface area (Å²) >= 11 is 0. The van der Waals surface area contributed by atoms with Crippen molar-refractivity contribution < 1.29 is 9.47 Å². The Morgan fingerprint density at radius 1 is 1.25 bits per heavy atom. The van der Waals surface area contributed by atoms with Gasteiger partial charge in [-0.25, -0.2) is 0 Å². The van der Waals surface area contributed by atoms with Crippen molar-refractivity contribution in [2.45, 2.75) is 33.5 Å². The lowest BCUT2D eigenvalue weighted by Gasteiger charge is -2.14. The van der Waals surface area contributed by atoms with E-state index in [0.717, 1.165) is 17.7 Å². The van der Waals surface area contributed by atoms with Crippen LogP contribution in [-0.4, -0.2) is 12.9 Å². The fourth-order valence-electron chi connectivity index (χ4n) is 1.43. The minimum atomic E-state index is -0.203. The molecule has 1 rings (SSSR count). The summed E-state index contributed by atoms with van der Waals surface area (Å²) in [6, 6.07) is 7.96. The average Bonchev–Trinajstić information content (AvgIpc) is 2.29. The Bertz CT molecular complexity index is 327. The van der Waals surface area contributed by atoms with Crippen LogP contribution in [0.3, 0.4) is 0 Å². The van der Waals surface area contributed by atoms with Crippen LogP contribution in [0.15, 0.2) is 30.8 Å². The third-order valence-corrected chi connectivity index (χ3v) is 2.39. The molecule has 2 nitrogen and oxygen atoms in total. The lowest BCUT2D eigenvalue weighted by Crippen LogP contribution is -2.15. The van der Waals surface area contributed by atoms with Gasteiger partial charge in [-0.15, -0.1) is 0 Å².